The quantitative estimate of drug-likeness (QED) is 0.0790. The highest BCUT2D eigenvalue weighted by Gasteiger charge is 2.53. The lowest BCUT2D eigenvalue weighted by atomic mass is 9.94. The predicted molar refractivity (Wildman–Crippen MR) is 160 cm³/mol. The Balaban J connectivity index is 2.00. The molecule has 0 bridgehead atoms. The van der Waals surface area contributed by atoms with Crippen molar-refractivity contribution in [3.63, 3.8) is 0 Å². The number of carboxylic acid groups (broad SMARTS) is 1. The van der Waals surface area contributed by atoms with Crippen molar-refractivity contribution >= 4 is 23.7 Å². The molecule has 0 radical (unpaired) electrons. The van der Waals surface area contributed by atoms with Crippen LogP contribution in [0.2, 0.25) is 0 Å². The molecule has 0 unspecified atom stereocenters. The van der Waals surface area contributed by atoms with Gasteiger partial charge in [-0.25, -0.2) is 0 Å². The second-order valence-corrected chi connectivity index (χ2v) is 12.3. The van der Waals surface area contributed by atoms with Gasteiger partial charge in [-0.05, 0) is 6.92 Å². The van der Waals surface area contributed by atoms with E-state index in [1.165, 1.54) is 6.92 Å². The minimum Gasteiger partial charge on any atom is -0.480 e. The zero-order chi connectivity index (χ0) is 37.6. The van der Waals surface area contributed by atoms with E-state index in [-0.39, 0.29) is 0 Å². The number of aliphatic carboxylic acids is 1. The Bertz CT molecular complexity index is 1170. The molecular weight excluding hydrogens is 680 g/mol. The molecule has 22 nitrogen and oxygen atoms in total. The minimum absolute atomic E-state index is 0.645. The van der Waals surface area contributed by atoms with Crippen molar-refractivity contribution in [2.24, 2.45) is 5.73 Å². The Labute approximate surface area is 285 Å². The van der Waals surface area contributed by atoms with Crippen LogP contribution in [0.15, 0.2) is 0 Å². The SMILES string of the molecule is CC(=O)N[C@H]1[C@H](OC[C@H]2O[C@H](O[C@H](C)[C@H](N)C(=O)O)[C@H](NC(C)=O)[C@@H](O[C@@H]3O[C@H](CO)[C@@H](O)[C@H](O)[C@H]3NC(C)=O)[C@H]2O)O[C@H](CO)[C@@H](O)[C@@H]1O. The second-order valence-electron chi connectivity index (χ2n) is 12.3. The van der Waals surface area contributed by atoms with Crippen LogP contribution in [0.1, 0.15) is 27.7 Å². The van der Waals surface area contributed by atoms with Gasteiger partial charge < -0.3 is 91.0 Å². The van der Waals surface area contributed by atoms with Crippen LogP contribution in [0.4, 0.5) is 0 Å². The van der Waals surface area contributed by atoms with E-state index >= 15 is 0 Å². The van der Waals surface area contributed by atoms with E-state index in [0.29, 0.717) is 0 Å². The molecule has 0 saturated carbocycles. The Morgan fingerprint density at radius 1 is 0.680 bits per heavy atom. The second kappa shape index (κ2) is 18.2. The van der Waals surface area contributed by atoms with Crippen LogP contribution in [0.25, 0.3) is 0 Å². The summed E-state index contributed by atoms with van der Waals surface area (Å²) in [5.41, 5.74) is 5.73. The Kier molecular flexibility index (Phi) is 15.2. The maximum Gasteiger partial charge on any atom is 0.323 e. The number of hydrogen-bond donors (Lipinski definition) is 12. The van der Waals surface area contributed by atoms with Gasteiger partial charge in [-0.15, -0.1) is 0 Å². The summed E-state index contributed by atoms with van der Waals surface area (Å²) in [5.74, 6) is -3.49. The summed E-state index contributed by atoms with van der Waals surface area (Å²) < 4.78 is 34.8. The van der Waals surface area contributed by atoms with Crippen LogP contribution >= 0.6 is 0 Å². The number of aliphatic hydroxyl groups is 7. The van der Waals surface area contributed by atoms with Crippen molar-refractivity contribution in [3.05, 3.63) is 0 Å². The molecule has 22 heteroatoms. The van der Waals surface area contributed by atoms with Crippen molar-refractivity contribution in [1.29, 1.82) is 0 Å². The summed E-state index contributed by atoms with van der Waals surface area (Å²) in [5, 5.41) is 89.9. The standard InChI is InChI=1S/C28H48N4O18/c1-8(15(29)25(43)44)46-28-18(32-11(4)37)24(50-27-17(31-10(3)36)23(42)20(39)13(6-34)48-27)21(40)14(49-28)7-45-26-16(30-9(2)35)22(41)19(38)12(5-33)47-26/h8,12-24,26-28,33-34,38-42H,5-7,29H2,1-4H3,(H,30,35)(H,31,36)(H,32,37)(H,43,44)/t8-,12-,13-,14-,15+,16-,17-,18-,19-,20-,21+,22-,23-,24-,26-,27+,28+/m1/s1. The molecule has 3 rings (SSSR count). The monoisotopic (exact) mass is 728 g/mol. The third-order valence-corrected chi connectivity index (χ3v) is 8.40. The highest BCUT2D eigenvalue weighted by molar-refractivity contribution is 5.74. The van der Waals surface area contributed by atoms with Crippen LogP contribution in [0.3, 0.4) is 0 Å². The van der Waals surface area contributed by atoms with Gasteiger partial charge in [-0.2, -0.15) is 0 Å². The number of amides is 3. The first kappa shape index (κ1) is 41.7. The molecule has 50 heavy (non-hydrogen) atoms. The highest BCUT2D eigenvalue weighted by Crippen LogP contribution is 2.32. The lowest BCUT2D eigenvalue weighted by molar-refractivity contribution is -0.339. The molecule has 3 heterocycles. The van der Waals surface area contributed by atoms with Gasteiger partial charge in [-0.3, -0.25) is 19.2 Å². The number of hydrogen-bond acceptors (Lipinski definition) is 18. The molecule has 0 aromatic carbocycles. The summed E-state index contributed by atoms with van der Waals surface area (Å²) in [6.07, 6.45) is -20.8. The number of nitrogens with two attached hydrogens (primary N) is 1. The fourth-order valence-corrected chi connectivity index (χ4v) is 5.76. The van der Waals surface area contributed by atoms with Crippen molar-refractivity contribution < 1.29 is 88.5 Å². The zero-order valence-electron chi connectivity index (χ0n) is 27.7. The molecule has 0 aliphatic carbocycles. The van der Waals surface area contributed by atoms with E-state index < -0.39 is 148 Å². The lowest BCUT2D eigenvalue weighted by Crippen LogP contribution is -2.70. The van der Waals surface area contributed by atoms with Crippen molar-refractivity contribution in [1.82, 2.24) is 16.0 Å². The highest BCUT2D eigenvalue weighted by atomic mass is 16.7. The number of carbonyl (C=O) groups is 4. The first-order valence-corrected chi connectivity index (χ1v) is 15.7. The van der Waals surface area contributed by atoms with Gasteiger partial charge in [0.25, 0.3) is 0 Å². The maximum atomic E-state index is 12.4. The van der Waals surface area contributed by atoms with E-state index in [1.807, 2.05) is 0 Å². The number of aliphatic hydroxyl groups excluding tert-OH is 7. The van der Waals surface area contributed by atoms with E-state index in [0.717, 1.165) is 20.8 Å². The summed E-state index contributed by atoms with van der Waals surface area (Å²) in [6, 6.07) is -5.98. The van der Waals surface area contributed by atoms with E-state index in [9.17, 15) is 60.0 Å². The average molecular weight is 729 g/mol. The molecule has 0 aromatic rings. The fourth-order valence-electron chi connectivity index (χ4n) is 5.76. The van der Waals surface area contributed by atoms with E-state index in [4.69, 9.17) is 34.2 Å². The average Bonchev–Trinajstić information content (AvgIpc) is 3.04. The largest absolute Gasteiger partial charge is 0.480 e. The van der Waals surface area contributed by atoms with Crippen LogP contribution < -0.4 is 21.7 Å². The molecule has 3 amide bonds. The smallest absolute Gasteiger partial charge is 0.323 e. The molecular formula is C28H48N4O18. The van der Waals surface area contributed by atoms with Crippen molar-refractivity contribution in [2.45, 2.75) is 132 Å². The maximum absolute atomic E-state index is 12.4. The molecule has 13 N–H and O–H groups in total. The Hall–Kier alpha value is -2.68. The molecule has 0 spiro atoms. The summed E-state index contributed by atoms with van der Waals surface area (Å²) in [7, 11) is 0. The van der Waals surface area contributed by atoms with Crippen LogP contribution in [-0.4, -0.2) is 188 Å². The number of carbonyl (C=O) groups excluding carboxylic acids is 3. The summed E-state index contributed by atoms with van der Waals surface area (Å²) in [4.78, 5) is 47.9. The number of carboxylic acids is 1. The number of ether oxygens (including phenoxy) is 6. The third-order valence-electron chi connectivity index (χ3n) is 8.40. The first-order chi connectivity index (χ1) is 23.4. The van der Waals surface area contributed by atoms with Gasteiger partial charge >= 0.3 is 5.97 Å². The van der Waals surface area contributed by atoms with Crippen molar-refractivity contribution in [2.75, 3.05) is 19.8 Å². The number of rotatable bonds is 14. The van der Waals surface area contributed by atoms with Gasteiger partial charge in [0.2, 0.25) is 17.7 Å². The lowest BCUT2D eigenvalue weighted by Gasteiger charge is -2.49. The summed E-state index contributed by atoms with van der Waals surface area (Å²) in [6.45, 7) is 2.37. The van der Waals surface area contributed by atoms with Crippen LogP contribution in [-0.2, 0) is 47.6 Å². The molecule has 3 aliphatic heterocycles. The number of nitrogens with one attached hydrogen (secondary N) is 3. The minimum atomic E-state index is -1.83. The van der Waals surface area contributed by atoms with Gasteiger partial charge in [-0.1, -0.05) is 0 Å². The molecule has 3 saturated heterocycles. The van der Waals surface area contributed by atoms with Crippen LogP contribution in [0, 0.1) is 0 Å². The van der Waals surface area contributed by atoms with Gasteiger partial charge in [0.1, 0.15) is 79.1 Å². The molecule has 3 aliphatic rings. The summed E-state index contributed by atoms with van der Waals surface area (Å²) >= 11 is 0. The molecule has 0 aromatic heterocycles. The topological polar surface area (TPSA) is 348 Å². The molecule has 17 atom stereocenters. The molecule has 288 valence electrons. The van der Waals surface area contributed by atoms with Crippen LogP contribution in [0.5, 0.6) is 0 Å². The zero-order valence-corrected chi connectivity index (χ0v) is 27.7. The predicted octanol–water partition coefficient (Wildman–Crippen LogP) is -7.32. The normalized spacial score (nSPS) is 40.3. The van der Waals surface area contributed by atoms with E-state index in [1.54, 1.807) is 0 Å². The molecule has 3 fully saturated rings. The van der Waals surface area contributed by atoms with E-state index in [2.05, 4.69) is 16.0 Å². The van der Waals surface area contributed by atoms with Gasteiger partial charge in [0.05, 0.1) is 25.9 Å². The fraction of sp³-hybridized carbons (Fsp3) is 0.857. The first-order valence-electron chi connectivity index (χ1n) is 15.7. The Morgan fingerprint density at radius 2 is 1.12 bits per heavy atom. The van der Waals surface area contributed by atoms with Crippen molar-refractivity contribution in [3.8, 4) is 0 Å². The van der Waals surface area contributed by atoms with Gasteiger partial charge in [0, 0.05) is 20.8 Å². The Morgan fingerprint density at radius 3 is 1.58 bits per heavy atom. The third kappa shape index (κ3) is 10.0. The van der Waals surface area contributed by atoms with Gasteiger partial charge in [0.15, 0.2) is 18.9 Å².